The molecule has 1 N–H and O–H groups in total. The van der Waals surface area contributed by atoms with Crippen LogP contribution in [-0.4, -0.2) is 71.0 Å². The average molecular weight is 404 g/mol. The highest BCUT2D eigenvalue weighted by Crippen LogP contribution is 2.26. The number of ether oxygens (including phenoxy) is 1. The van der Waals surface area contributed by atoms with Gasteiger partial charge in [0.1, 0.15) is 5.75 Å². The Morgan fingerprint density at radius 2 is 2.15 bits per heavy atom. The number of nitrogens with zero attached hydrogens (tertiary/aromatic N) is 2. The van der Waals surface area contributed by atoms with Crippen molar-refractivity contribution < 1.29 is 17.9 Å². The van der Waals surface area contributed by atoms with Crippen molar-refractivity contribution in [2.24, 2.45) is 0 Å². The number of likely N-dealkylation sites (tertiary alicyclic amines) is 1. The standard InChI is InChI=1S/C17H26ClN3O4S/c1-20(2)17(22)15-6-4-10-21(15)11-5-9-19-26(23,24)13-7-8-16(25-3)14(18)12-13/h7-8,12,15,19H,4-6,9-11H2,1-3H3. The second-order valence-corrected chi connectivity index (χ2v) is 8.65. The molecule has 1 atom stereocenters. The minimum absolute atomic E-state index is 0.0954. The van der Waals surface area contributed by atoms with E-state index < -0.39 is 10.0 Å². The third kappa shape index (κ3) is 5.09. The quantitative estimate of drug-likeness (QED) is 0.666. The molecule has 1 unspecified atom stereocenters. The van der Waals surface area contributed by atoms with Crippen molar-refractivity contribution in [3.8, 4) is 5.75 Å². The van der Waals surface area contributed by atoms with Crippen LogP contribution in [0.5, 0.6) is 5.75 Å². The number of carbonyl (C=O) groups excluding carboxylic acids is 1. The maximum atomic E-state index is 12.4. The zero-order valence-electron chi connectivity index (χ0n) is 15.4. The van der Waals surface area contributed by atoms with Gasteiger partial charge in [-0.15, -0.1) is 0 Å². The lowest BCUT2D eigenvalue weighted by Gasteiger charge is -2.26. The molecule has 1 fully saturated rings. The predicted octanol–water partition coefficient (Wildman–Crippen LogP) is 1.57. The molecule has 26 heavy (non-hydrogen) atoms. The van der Waals surface area contributed by atoms with Gasteiger partial charge < -0.3 is 9.64 Å². The highest BCUT2D eigenvalue weighted by Gasteiger charge is 2.31. The lowest BCUT2D eigenvalue weighted by atomic mass is 10.2. The molecule has 0 radical (unpaired) electrons. The maximum absolute atomic E-state index is 12.4. The van der Waals surface area contributed by atoms with Crippen LogP contribution in [0.25, 0.3) is 0 Å². The molecule has 146 valence electrons. The molecule has 1 aromatic rings. The Labute approximate surface area is 160 Å². The van der Waals surface area contributed by atoms with Gasteiger partial charge in [0, 0.05) is 27.2 Å². The third-order valence-electron chi connectivity index (χ3n) is 4.44. The molecule has 1 aromatic carbocycles. The second-order valence-electron chi connectivity index (χ2n) is 6.47. The summed E-state index contributed by atoms with van der Waals surface area (Å²) in [6.07, 6.45) is 2.47. The van der Waals surface area contributed by atoms with E-state index in [1.54, 1.807) is 19.0 Å². The van der Waals surface area contributed by atoms with E-state index >= 15 is 0 Å². The van der Waals surface area contributed by atoms with E-state index in [0.29, 0.717) is 25.3 Å². The van der Waals surface area contributed by atoms with Crippen LogP contribution in [0.15, 0.2) is 23.1 Å². The smallest absolute Gasteiger partial charge is 0.240 e. The number of sulfonamides is 1. The second kappa shape index (κ2) is 9.03. The maximum Gasteiger partial charge on any atom is 0.240 e. The summed E-state index contributed by atoms with van der Waals surface area (Å²) in [6, 6.07) is 4.26. The summed E-state index contributed by atoms with van der Waals surface area (Å²) in [4.78, 5) is 16.0. The lowest BCUT2D eigenvalue weighted by Crippen LogP contribution is -2.43. The normalized spacial score (nSPS) is 18.1. The first kappa shape index (κ1) is 21.0. The monoisotopic (exact) mass is 403 g/mol. The van der Waals surface area contributed by atoms with Crippen LogP contribution in [0.3, 0.4) is 0 Å². The molecule has 1 saturated heterocycles. The van der Waals surface area contributed by atoms with Crippen LogP contribution in [0.4, 0.5) is 0 Å². The average Bonchev–Trinajstić information content (AvgIpc) is 3.06. The Balaban J connectivity index is 1.87. The Morgan fingerprint density at radius 3 is 2.77 bits per heavy atom. The van der Waals surface area contributed by atoms with E-state index in [1.807, 2.05) is 0 Å². The van der Waals surface area contributed by atoms with Gasteiger partial charge >= 0.3 is 0 Å². The number of halogens is 1. The fourth-order valence-electron chi connectivity index (χ4n) is 3.06. The fraction of sp³-hybridized carbons (Fsp3) is 0.588. The summed E-state index contributed by atoms with van der Waals surface area (Å²) in [5.41, 5.74) is 0. The van der Waals surface area contributed by atoms with Gasteiger partial charge in [-0.2, -0.15) is 0 Å². The third-order valence-corrected chi connectivity index (χ3v) is 6.19. The number of hydrogen-bond acceptors (Lipinski definition) is 5. The molecule has 0 bridgehead atoms. The van der Waals surface area contributed by atoms with Gasteiger partial charge in [0.2, 0.25) is 15.9 Å². The Kier molecular flexibility index (Phi) is 7.28. The number of likely N-dealkylation sites (N-methyl/N-ethyl adjacent to an activating group) is 1. The van der Waals surface area contributed by atoms with Crippen LogP contribution in [0, 0.1) is 0 Å². The van der Waals surface area contributed by atoms with E-state index in [9.17, 15) is 13.2 Å². The van der Waals surface area contributed by atoms with Crippen molar-refractivity contribution in [2.75, 3.05) is 40.8 Å². The van der Waals surface area contributed by atoms with Crippen molar-refractivity contribution >= 4 is 27.5 Å². The molecule has 9 heteroatoms. The first-order chi connectivity index (χ1) is 12.3. The zero-order valence-corrected chi connectivity index (χ0v) is 16.9. The summed E-state index contributed by atoms with van der Waals surface area (Å²) in [5.74, 6) is 0.534. The fourth-order valence-corrected chi connectivity index (χ4v) is 4.48. The summed E-state index contributed by atoms with van der Waals surface area (Å²) < 4.78 is 32.3. The zero-order chi connectivity index (χ0) is 19.3. The minimum Gasteiger partial charge on any atom is -0.495 e. The van der Waals surface area contributed by atoms with E-state index in [1.165, 1.54) is 25.3 Å². The molecule has 0 aromatic heterocycles. The van der Waals surface area contributed by atoms with Crippen molar-refractivity contribution in [3.05, 3.63) is 23.2 Å². The highest BCUT2D eigenvalue weighted by atomic mass is 35.5. The SMILES string of the molecule is COc1ccc(S(=O)(=O)NCCCN2CCCC2C(=O)N(C)C)cc1Cl. The summed E-state index contributed by atoms with van der Waals surface area (Å²) >= 11 is 5.99. The van der Waals surface area contributed by atoms with Crippen molar-refractivity contribution in [1.29, 1.82) is 0 Å². The molecule has 7 nitrogen and oxygen atoms in total. The van der Waals surface area contributed by atoms with Gasteiger partial charge in [-0.3, -0.25) is 9.69 Å². The number of nitrogens with one attached hydrogen (secondary N) is 1. The van der Waals surface area contributed by atoms with Gasteiger partial charge in [0.25, 0.3) is 0 Å². The van der Waals surface area contributed by atoms with Crippen molar-refractivity contribution in [1.82, 2.24) is 14.5 Å². The molecular weight excluding hydrogens is 378 g/mol. The molecule has 1 heterocycles. The highest BCUT2D eigenvalue weighted by molar-refractivity contribution is 7.89. The molecule has 1 amide bonds. The Morgan fingerprint density at radius 1 is 1.42 bits per heavy atom. The largest absolute Gasteiger partial charge is 0.495 e. The van der Waals surface area contributed by atoms with Gasteiger partial charge in [0.05, 0.1) is 23.1 Å². The molecule has 0 saturated carbocycles. The predicted molar refractivity (Wildman–Crippen MR) is 101 cm³/mol. The number of rotatable bonds is 8. The first-order valence-electron chi connectivity index (χ1n) is 8.54. The lowest BCUT2D eigenvalue weighted by molar-refractivity contribution is -0.133. The summed E-state index contributed by atoms with van der Waals surface area (Å²) in [6.45, 7) is 1.84. The van der Waals surface area contributed by atoms with Crippen LogP contribution in [0.2, 0.25) is 5.02 Å². The van der Waals surface area contributed by atoms with Gasteiger partial charge in [-0.1, -0.05) is 11.6 Å². The van der Waals surface area contributed by atoms with E-state index in [4.69, 9.17) is 16.3 Å². The van der Waals surface area contributed by atoms with Crippen molar-refractivity contribution in [3.63, 3.8) is 0 Å². The number of carbonyl (C=O) groups is 1. The van der Waals surface area contributed by atoms with Crippen LogP contribution in [-0.2, 0) is 14.8 Å². The van der Waals surface area contributed by atoms with Crippen LogP contribution < -0.4 is 9.46 Å². The molecular formula is C17H26ClN3O4S. The minimum atomic E-state index is -3.63. The van der Waals surface area contributed by atoms with E-state index in [-0.39, 0.29) is 21.9 Å². The molecule has 2 rings (SSSR count). The Bertz CT molecular complexity index is 740. The van der Waals surface area contributed by atoms with E-state index in [2.05, 4.69) is 9.62 Å². The molecule has 0 aliphatic carbocycles. The molecule has 1 aliphatic rings. The number of methoxy groups -OCH3 is 1. The molecule has 1 aliphatic heterocycles. The van der Waals surface area contributed by atoms with Gasteiger partial charge in [-0.05, 0) is 44.0 Å². The summed E-state index contributed by atoms with van der Waals surface area (Å²) in [5, 5.41) is 0.248. The first-order valence-corrected chi connectivity index (χ1v) is 10.4. The number of benzene rings is 1. The number of hydrogen-bond donors (Lipinski definition) is 1. The Hall–Kier alpha value is -1.35. The van der Waals surface area contributed by atoms with Gasteiger partial charge in [-0.25, -0.2) is 13.1 Å². The number of amides is 1. The topological polar surface area (TPSA) is 79.0 Å². The van der Waals surface area contributed by atoms with Crippen LogP contribution >= 0.6 is 11.6 Å². The molecule has 0 spiro atoms. The van der Waals surface area contributed by atoms with Gasteiger partial charge in [0.15, 0.2) is 0 Å². The summed E-state index contributed by atoms with van der Waals surface area (Å²) in [7, 11) is 1.36. The van der Waals surface area contributed by atoms with Crippen molar-refractivity contribution in [2.45, 2.75) is 30.2 Å². The van der Waals surface area contributed by atoms with E-state index in [0.717, 1.165) is 19.4 Å². The van der Waals surface area contributed by atoms with Crippen LogP contribution in [0.1, 0.15) is 19.3 Å².